The first-order valence-corrected chi connectivity index (χ1v) is 3.25. The summed E-state index contributed by atoms with van der Waals surface area (Å²) in [6, 6.07) is 0. The van der Waals surface area contributed by atoms with Crippen LogP contribution in [0.1, 0.15) is 6.92 Å². The SMILES string of the molecule is C=C(C)C(N)=O.C=CC(=O)NC. The number of nitrogens with two attached hydrogens (primary N) is 1. The Morgan fingerprint density at radius 2 is 1.83 bits per heavy atom. The van der Waals surface area contributed by atoms with Crippen molar-refractivity contribution >= 4 is 11.8 Å². The van der Waals surface area contributed by atoms with E-state index in [1.807, 2.05) is 0 Å². The molecule has 4 nitrogen and oxygen atoms in total. The third-order valence-electron chi connectivity index (χ3n) is 0.852. The lowest BCUT2D eigenvalue weighted by atomic mass is 10.3. The van der Waals surface area contributed by atoms with Gasteiger partial charge in [0.1, 0.15) is 0 Å². The smallest absolute Gasteiger partial charge is 0.243 e. The first kappa shape index (κ1) is 13.0. The maximum absolute atomic E-state index is 9.95. The van der Waals surface area contributed by atoms with E-state index in [9.17, 15) is 9.59 Å². The van der Waals surface area contributed by atoms with Crippen LogP contribution in [-0.2, 0) is 9.59 Å². The van der Waals surface area contributed by atoms with E-state index in [1.54, 1.807) is 14.0 Å². The molecule has 0 fully saturated rings. The molecule has 68 valence electrons. The number of carbonyl (C=O) groups excluding carboxylic acids is 2. The van der Waals surface area contributed by atoms with Crippen molar-refractivity contribution in [3.63, 3.8) is 0 Å². The second-order valence-corrected chi connectivity index (χ2v) is 1.96. The van der Waals surface area contributed by atoms with Gasteiger partial charge in [0.15, 0.2) is 0 Å². The van der Waals surface area contributed by atoms with Gasteiger partial charge < -0.3 is 11.1 Å². The maximum atomic E-state index is 9.95. The summed E-state index contributed by atoms with van der Waals surface area (Å²) in [7, 11) is 1.56. The average Bonchev–Trinajstić information content (AvgIpc) is 2.04. The number of carbonyl (C=O) groups is 2. The Morgan fingerprint density at radius 3 is 1.83 bits per heavy atom. The van der Waals surface area contributed by atoms with E-state index in [4.69, 9.17) is 5.73 Å². The molecule has 0 aliphatic carbocycles. The molecule has 0 saturated heterocycles. The minimum Gasteiger partial charge on any atom is -0.366 e. The topological polar surface area (TPSA) is 72.2 Å². The largest absolute Gasteiger partial charge is 0.366 e. The van der Waals surface area contributed by atoms with E-state index in [0.29, 0.717) is 5.57 Å². The fourth-order valence-electron chi connectivity index (χ4n) is 0.102. The molecule has 0 aromatic heterocycles. The molecule has 4 heteroatoms. The van der Waals surface area contributed by atoms with Gasteiger partial charge in [-0.3, -0.25) is 9.59 Å². The maximum Gasteiger partial charge on any atom is 0.243 e. The molecule has 0 heterocycles. The molecule has 0 spiro atoms. The molecule has 0 rings (SSSR count). The van der Waals surface area contributed by atoms with Gasteiger partial charge in [0.2, 0.25) is 11.8 Å². The predicted molar refractivity (Wildman–Crippen MR) is 48.3 cm³/mol. The summed E-state index contributed by atoms with van der Waals surface area (Å²) in [5, 5.41) is 2.36. The van der Waals surface area contributed by atoms with Gasteiger partial charge in [0, 0.05) is 12.6 Å². The van der Waals surface area contributed by atoms with Crippen LogP contribution in [-0.4, -0.2) is 18.9 Å². The minimum absolute atomic E-state index is 0.144. The number of primary amides is 1. The van der Waals surface area contributed by atoms with Crippen LogP contribution in [0.3, 0.4) is 0 Å². The zero-order chi connectivity index (χ0) is 10.1. The second-order valence-electron chi connectivity index (χ2n) is 1.96. The van der Waals surface area contributed by atoms with E-state index < -0.39 is 5.91 Å². The van der Waals surface area contributed by atoms with Gasteiger partial charge in [-0.05, 0) is 13.0 Å². The van der Waals surface area contributed by atoms with Crippen molar-refractivity contribution < 1.29 is 9.59 Å². The highest BCUT2D eigenvalue weighted by Gasteiger charge is 1.86. The number of hydrogen-bond acceptors (Lipinski definition) is 2. The molecule has 0 aliphatic rings. The molecule has 0 radical (unpaired) electrons. The molecule has 12 heavy (non-hydrogen) atoms. The van der Waals surface area contributed by atoms with Crippen LogP contribution in [0, 0.1) is 0 Å². The lowest BCUT2D eigenvalue weighted by Gasteiger charge is -1.82. The van der Waals surface area contributed by atoms with Crippen molar-refractivity contribution in [2.45, 2.75) is 6.92 Å². The molecular weight excluding hydrogens is 156 g/mol. The van der Waals surface area contributed by atoms with Crippen LogP contribution in [0.25, 0.3) is 0 Å². The molecule has 2 amide bonds. The molecule has 0 atom stereocenters. The summed E-state index contributed by atoms with van der Waals surface area (Å²) in [4.78, 5) is 19.8. The molecular formula is C8H14N2O2. The number of nitrogens with one attached hydrogen (secondary N) is 1. The number of likely N-dealkylation sites (N-methyl/N-ethyl adjacent to an activating group) is 1. The number of amides is 2. The molecule has 0 aromatic rings. The van der Waals surface area contributed by atoms with Crippen LogP contribution in [0.2, 0.25) is 0 Å². The Hall–Kier alpha value is -1.58. The summed E-state index contributed by atoms with van der Waals surface area (Å²) < 4.78 is 0. The zero-order valence-corrected chi connectivity index (χ0v) is 7.39. The van der Waals surface area contributed by atoms with Crippen LogP contribution in [0.15, 0.2) is 24.8 Å². The third-order valence-corrected chi connectivity index (χ3v) is 0.852. The molecule has 0 aromatic carbocycles. The fourth-order valence-corrected chi connectivity index (χ4v) is 0.102. The average molecular weight is 170 g/mol. The van der Waals surface area contributed by atoms with Crippen LogP contribution in [0.4, 0.5) is 0 Å². The lowest BCUT2D eigenvalue weighted by Crippen LogP contribution is -2.13. The van der Waals surface area contributed by atoms with E-state index in [2.05, 4.69) is 18.5 Å². The molecule has 0 unspecified atom stereocenters. The van der Waals surface area contributed by atoms with Gasteiger partial charge in [-0.25, -0.2) is 0 Å². The second kappa shape index (κ2) is 7.53. The monoisotopic (exact) mass is 170 g/mol. The quantitative estimate of drug-likeness (QED) is 0.571. The van der Waals surface area contributed by atoms with Crippen LogP contribution >= 0.6 is 0 Å². The zero-order valence-electron chi connectivity index (χ0n) is 7.39. The van der Waals surface area contributed by atoms with E-state index >= 15 is 0 Å². The Morgan fingerprint density at radius 1 is 1.50 bits per heavy atom. The molecule has 0 saturated carbocycles. The molecule has 0 aliphatic heterocycles. The van der Waals surface area contributed by atoms with Gasteiger partial charge in [-0.15, -0.1) is 0 Å². The highest BCUT2D eigenvalue weighted by molar-refractivity contribution is 5.90. The summed E-state index contributed by atoms with van der Waals surface area (Å²) >= 11 is 0. The van der Waals surface area contributed by atoms with Gasteiger partial charge in [0.25, 0.3) is 0 Å². The number of rotatable bonds is 2. The van der Waals surface area contributed by atoms with Gasteiger partial charge in [-0.1, -0.05) is 13.2 Å². The van der Waals surface area contributed by atoms with Crippen molar-refractivity contribution in [1.29, 1.82) is 0 Å². The molecule has 3 N–H and O–H groups in total. The highest BCUT2D eigenvalue weighted by Crippen LogP contribution is 1.78. The van der Waals surface area contributed by atoms with E-state index in [-0.39, 0.29) is 5.91 Å². The minimum atomic E-state index is -0.435. The predicted octanol–water partition coefficient (Wildman–Crippen LogP) is -0.0338. The normalized spacial score (nSPS) is 7.17. The molecule has 0 bridgehead atoms. The summed E-state index contributed by atoms with van der Waals surface area (Å²) in [6.45, 7) is 8.07. The lowest BCUT2D eigenvalue weighted by molar-refractivity contribution is -0.116. The van der Waals surface area contributed by atoms with Crippen molar-refractivity contribution in [1.82, 2.24) is 5.32 Å². The summed E-state index contributed by atoms with van der Waals surface area (Å²) in [6.07, 6.45) is 1.22. The van der Waals surface area contributed by atoms with Gasteiger partial charge >= 0.3 is 0 Å². The van der Waals surface area contributed by atoms with Crippen molar-refractivity contribution in [3.8, 4) is 0 Å². The first-order valence-electron chi connectivity index (χ1n) is 3.25. The van der Waals surface area contributed by atoms with Gasteiger partial charge in [-0.2, -0.15) is 0 Å². The Bertz CT molecular complexity index is 182. The summed E-state index contributed by atoms with van der Waals surface area (Å²) in [5.41, 5.74) is 5.09. The standard InChI is InChI=1S/2C4H7NO/c1-3-4(6)5-2;1-3(2)4(5)6/h3H,1H2,2H3,(H,5,6);1H2,2H3,(H2,5,6). The summed E-state index contributed by atoms with van der Waals surface area (Å²) in [5.74, 6) is -0.579. The van der Waals surface area contributed by atoms with Crippen LogP contribution in [0.5, 0.6) is 0 Å². The highest BCUT2D eigenvalue weighted by atomic mass is 16.1. The fraction of sp³-hybridized carbons (Fsp3) is 0.250. The van der Waals surface area contributed by atoms with Crippen LogP contribution < -0.4 is 11.1 Å². The Balaban J connectivity index is 0. The third kappa shape index (κ3) is 11.2. The number of hydrogen-bond donors (Lipinski definition) is 2. The van der Waals surface area contributed by atoms with Gasteiger partial charge in [0.05, 0.1) is 0 Å². The van der Waals surface area contributed by atoms with Crippen molar-refractivity contribution in [2.24, 2.45) is 5.73 Å². The Labute approximate surface area is 72.1 Å². The Kier molecular flexibility index (Phi) is 8.18. The van der Waals surface area contributed by atoms with E-state index in [0.717, 1.165) is 0 Å². The van der Waals surface area contributed by atoms with Crippen molar-refractivity contribution in [2.75, 3.05) is 7.05 Å². The first-order chi connectivity index (χ1) is 5.45. The van der Waals surface area contributed by atoms with E-state index in [1.165, 1.54) is 6.08 Å². The van der Waals surface area contributed by atoms with Crippen molar-refractivity contribution in [3.05, 3.63) is 24.8 Å².